The Bertz CT molecular complexity index is 952. The van der Waals surface area contributed by atoms with Crippen molar-refractivity contribution in [1.29, 1.82) is 0 Å². The van der Waals surface area contributed by atoms with Gasteiger partial charge in [-0.1, -0.05) is 27.2 Å². The molecule has 3 heterocycles. The van der Waals surface area contributed by atoms with Gasteiger partial charge in [-0.05, 0) is 30.5 Å². The fourth-order valence-corrected chi connectivity index (χ4v) is 4.17. The summed E-state index contributed by atoms with van der Waals surface area (Å²) in [5.41, 5.74) is 10.2. The van der Waals surface area contributed by atoms with E-state index < -0.39 is 0 Å². The Hall–Kier alpha value is -2.34. The summed E-state index contributed by atoms with van der Waals surface area (Å²) in [6.45, 7) is 12.3. The second-order valence-electron chi connectivity index (χ2n) is 8.39. The van der Waals surface area contributed by atoms with Crippen LogP contribution >= 0.6 is 0 Å². The van der Waals surface area contributed by atoms with Crippen molar-refractivity contribution in [2.75, 3.05) is 43.4 Å². The number of hydrogen-bond donors (Lipinski definition) is 2. The molecule has 1 aliphatic rings. The molecule has 3 aromatic rings. The molecule has 0 bridgehead atoms. The van der Waals surface area contributed by atoms with Crippen LogP contribution in [0.1, 0.15) is 39.4 Å². The van der Waals surface area contributed by atoms with E-state index in [0.29, 0.717) is 5.82 Å². The van der Waals surface area contributed by atoms with Crippen molar-refractivity contribution in [3.05, 3.63) is 24.0 Å². The average molecular weight is 381 g/mol. The maximum absolute atomic E-state index is 6.25. The molecule has 0 saturated carbocycles. The molecule has 0 amide bonds. The quantitative estimate of drug-likeness (QED) is 0.680. The highest BCUT2D eigenvalue weighted by molar-refractivity contribution is 6.06. The lowest BCUT2D eigenvalue weighted by Crippen LogP contribution is -2.47. The molecule has 3 N–H and O–H groups in total. The summed E-state index contributed by atoms with van der Waals surface area (Å²) in [5.74, 6) is 2.26. The number of pyridine rings is 1. The minimum Gasteiger partial charge on any atom is -0.382 e. The molecule has 4 rings (SSSR count). The van der Waals surface area contributed by atoms with Crippen LogP contribution in [-0.2, 0) is 6.42 Å². The number of aromatic nitrogens is 3. The van der Waals surface area contributed by atoms with Crippen molar-refractivity contribution in [2.24, 2.45) is 5.92 Å². The monoisotopic (exact) mass is 380 g/mol. The van der Waals surface area contributed by atoms with Crippen molar-refractivity contribution in [2.45, 2.75) is 40.0 Å². The zero-order valence-electron chi connectivity index (χ0n) is 17.3. The third-order valence-corrected chi connectivity index (χ3v) is 5.61. The van der Waals surface area contributed by atoms with E-state index in [0.717, 1.165) is 79.1 Å². The van der Waals surface area contributed by atoms with Crippen LogP contribution in [0.25, 0.3) is 21.9 Å². The number of nitrogen functional groups attached to an aromatic ring is 1. The van der Waals surface area contributed by atoms with Gasteiger partial charge in [0.15, 0.2) is 0 Å². The SMILES string of the molecule is CCCCc1nc2c([nH]1)c(N)nc1cc(N3CCN(CC(C)C)CC3)ccc12. The van der Waals surface area contributed by atoms with E-state index in [1.54, 1.807) is 0 Å². The van der Waals surface area contributed by atoms with E-state index in [9.17, 15) is 0 Å². The molecule has 6 heteroatoms. The zero-order valence-corrected chi connectivity index (χ0v) is 17.3. The first-order valence-electron chi connectivity index (χ1n) is 10.6. The Morgan fingerprint density at radius 3 is 2.64 bits per heavy atom. The van der Waals surface area contributed by atoms with Crippen LogP contribution in [-0.4, -0.2) is 52.6 Å². The van der Waals surface area contributed by atoms with Gasteiger partial charge in [-0.2, -0.15) is 0 Å². The number of H-pyrrole nitrogens is 1. The van der Waals surface area contributed by atoms with Gasteiger partial charge in [0.05, 0.1) is 5.52 Å². The molecule has 0 unspecified atom stereocenters. The van der Waals surface area contributed by atoms with Gasteiger partial charge in [0.2, 0.25) is 0 Å². The number of unbranched alkanes of at least 4 members (excludes halogenated alkanes) is 1. The molecule has 0 atom stereocenters. The van der Waals surface area contributed by atoms with E-state index in [1.807, 2.05) is 0 Å². The molecule has 1 fully saturated rings. The second kappa shape index (κ2) is 7.95. The van der Waals surface area contributed by atoms with Crippen LogP contribution in [0.4, 0.5) is 11.5 Å². The first-order valence-corrected chi connectivity index (χ1v) is 10.6. The number of hydrogen-bond acceptors (Lipinski definition) is 5. The summed E-state index contributed by atoms with van der Waals surface area (Å²) >= 11 is 0. The van der Waals surface area contributed by atoms with Gasteiger partial charge in [0.1, 0.15) is 22.7 Å². The van der Waals surface area contributed by atoms with Crippen molar-refractivity contribution < 1.29 is 0 Å². The van der Waals surface area contributed by atoms with E-state index in [2.05, 4.69) is 58.7 Å². The number of nitrogens with zero attached hydrogens (tertiary/aromatic N) is 4. The lowest BCUT2D eigenvalue weighted by Gasteiger charge is -2.36. The predicted octanol–water partition coefficient (Wildman–Crippen LogP) is 3.81. The lowest BCUT2D eigenvalue weighted by molar-refractivity contribution is 0.231. The fraction of sp³-hybridized carbons (Fsp3) is 0.545. The largest absolute Gasteiger partial charge is 0.382 e. The number of anilines is 2. The van der Waals surface area contributed by atoms with Crippen LogP contribution in [0.15, 0.2) is 18.2 Å². The standard InChI is InChI=1S/C22H32N6/c1-4-5-6-19-25-20-17-8-7-16(13-18(17)24-22(23)21(20)26-19)28-11-9-27(10-12-28)14-15(2)3/h7-8,13,15H,4-6,9-12,14H2,1-3H3,(H2,23,24)(H,25,26). The summed E-state index contributed by atoms with van der Waals surface area (Å²) in [5, 5.41) is 1.07. The van der Waals surface area contributed by atoms with Crippen molar-refractivity contribution in [1.82, 2.24) is 19.9 Å². The van der Waals surface area contributed by atoms with Gasteiger partial charge >= 0.3 is 0 Å². The average Bonchev–Trinajstić information content (AvgIpc) is 3.11. The Morgan fingerprint density at radius 1 is 1.14 bits per heavy atom. The lowest BCUT2D eigenvalue weighted by atomic mass is 10.1. The van der Waals surface area contributed by atoms with E-state index in [1.165, 1.54) is 12.2 Å². The Balaban J connectivity index is 1.60. The number of aromatic amines is 1. The molecule has 0 radical (unpaired) electrons. The van der Waals surface area contributed by atoms with Crippen molar-refractivity contribution in [3.8, 4) is 0 Å². The van der Waals surface area contributed by atoms with Gasteiger partial charge in [-0.25, -0.2) is 9.97 Å². The van der Waals surface area contributed by atoms with Crippen LogP contribution in [0.2, 0.25) is 0 Å². The van der Waals surface area contributed by atoms with E-state index in [-0.39, 0.29) is 0 Å². The smallest absolute Gasteiger partial charge is 0.150 e. The van der Waals surface area contributed by atoms with E-state index >= 15 is 0 Å². The first-order chi connectivity index (χ1) is 13.5. The van der Waals surface area contributed by atoms with Crippen molar-refractivity contribution in [3.63, 3.8) is 0 Å². The third kappa shape index (κ3) is 3.78. The number of nitrogens with two attached hydrogens (primary N) is 1. The van der Waals surface area contributed by atoms with Crippen LogP contribution < -0.4 is 10.6 Å². The molecule has 150 valence electrons. The van der Waals surface area contributed by atoms with Gasteiger partial charge in [0.25, 0.3) is 0 Å². The fourth-order valence-electron chi connectivity index (χ4n) is 4.17. The molecular weight excluding hydrogens is 348 g/mol. The van der Waals surface area contributed by atoms with Crippen LogP contribution in [0.5, 0.6) is 0 Å². The molecule has 28 heavy (non-hydrogen) atoms. The Kier molecular flexibility index (Phi) is 5.40. The summed E-state index contributed by atoms with van der Waals surface area (Å²) in [6, 6.07) is 6.53. The Morgan fingerprint density at radius 2 is 1.93 bits per heavy atom. The number of aryl methyl sites for hydroxylation is 1. The first kappa shape index (κ1) is 19.0. The molecule has 1 aliphatic heterocycles. The number of benzene rings is 1. The van der Waals surface area contributed by atoms with Gasteiger partial charge in [-0.3, -0.25) is 4.90 Å². The topological polar surface area (TPSA) is 74.1 Å². The number of rotatable bonds is 6. The van der Waals surface area contributed by atoms with Gasteiger partial charge < -0.3 is 15.6 Å². The van der Waals surface area contributed by atoms with Gasteiger partial charge in [0, 0.05) is 50.2 Å². The Labute approximate surface area is 167 Å². The molecule has 0 aliphatic carbocycles. The molecule has 1 aromatic carbocycles. The maximum Gasteiger partial charge on any atom is 0.150 e. The number of nitrogens with one attached hydrogen (secondary N) is 1. The van der Waals surface area contributed by atoms with Crippen LogP contribution in [0, 0.1) is 5.92 Å². The molecule has 6 nitrogen and oxygen atoms in total. The molecular formula is C22H32N6. The van der Waals surface area contributed by atoms with E-state index in [4.69, 9.17) is 10.7 Å². The second-order valence-corrected chi connectivity index (χ2v) is 8.39. The highest BCUT2D eigenvalue weighted by Gasteiger charge is 2.19. The third-order valence-electron chi connectivity index (χ3n) is 5.61. The maximum atomic E-state index is 6.25. The molecule has 0 spiro atoms. The highest BCUT2D eigenvalue weighted by atomic mass is 15.3. The predicted molar refractivity (Wildman–Crippen MR) is 118 cm³/mol. The number of fused-ring (bicyclic) bond motifs is 3. The number of piperazine rings is 1. The summed E-state index contributed by atoms with van der Waals surface area (Å²) < 4.78 is 0. The zero-order chi connectivity index (χ0) is 19.7. The van der Waals surface area contributed by atoms with Crippen LogP contribution in [0.3, 0.4) is 0 Å². The normalized spacial score (nSPS) is 15.9. The minimum absolute atomic E-state index is 0.539. The molecule has 2 aromatic heterocycles. The summed E-state index contributed by atoms with van der Waals surface area (Å²) in [4.78, 5) is 17.9. The summed E-state index contributed by atoms with van der Waals surface area (Å²) in [6.07, 6.45) is 3.22. The number of imidazole rings is 1. The highest BCUT2D eigenvalue weighted by Crippen LogP contribution is 2.30. The summed E-state index contributed by atoms with van der Waals surface area (Å²) in [7, 11) is 0. The van der Waals surface area contributed by atoms with Gasteiger partial charge in [-0.15, -0.1) is 0 Å². The minimum atomic E-state index is 0.539. The molecule has 1 saturated heterocycles. The van der Waals surface area contributed by atoms with Crippen molar-refractivity contribution >= 4 is 33.4 Å².